The molecule has 5 heteroatoms. The van der Waals surface area contributed by atoms with Crippen molar-refractivity contribution in [1.29, 1.82) is 0 Å². The third kappa shape index (κ3) is 3.49. The van der Waals surface area contributed by atoms with Crippen LogP contribution in [-0.2, 0) is 6.54 Å². The number of carbonyl (C=O) groups excluding carboxylic acids is 1. The Balaban J connectivity index is 1.74. The molecule has 2 aromatic carbocycles. The molecule has 0 spiro atoms. The fourth-order valence-electron chi connectivity index (χ4n) is 2.50. The highest BCUT2D eigenvalue weighted by Gasteiger charge is 2.08. The zero-order valence-electron chi connectivity index (χ0n) is 13.5. The summed E-state index contributed by atoms with van der Waals surface area (Å²) in [7, 11) is 1.64. The topological polar surface area (TPSA) is 51.2 Å². The summed E-state index contributed by atoms with van der Waals surface area (Å²) < 4.78 is 5.30. The summed E-state index contributed by atoms with van der Waals surface area (Å²) in [4.78, 5) is 16.6. The molecule has 1 heterocycles. The Bertz CT molecular complexity index is 909. The maximum Gasteiger partial charge on any atom is 0.251 e. The Morgan fingerprint density at radius 1 is 1.17 bits per heavy atom. The number of nitrogens with one attached hydrogen (secondary N) is 1. The maximum atomic E-state index is 12.4. The van der Waals surface area contributed by atoms with Crippen LogP contribution in [0.4, 0.5) is 0 Å². The number of amides is 1. The van der Waals surface area contributed by atoms with Crippen molar-refractivity contribution in [2.75, 3.05) is 7.11 Å². The predicted octanol–water partition coefficient (Wildman–Crippen LogP) is 4.14. The van der Waals surface area contributed by atoms with Crippen molar-refractivity contribution in [3.63, 3.8) is 0 Å². The van der Waals surface area contributed by atoms with Gasteiger partial charge in [-0.05, 0) is 54.4 Å². The molecule has 1 aromatic heterocycles. The Labute approximate surface area is 145 Å². The quantitative estimate of drug-likeness (QED) is 0.726. The van der Waals surface area contributed by atoms with Crippen molar-refractivity contribution in [2.24, 2.45) is 0 Å². The molecule has 122 valence electrons. The van der Waals surface area contributed by atoms with Crippen molar-refractivity contribution in [2.45, 2.75) is 13.5 Å². The second kappa shape index (κ2) is 6.89. The Morgan fingerprint density at radius 2 is 2.00 bits per heavy atom. The minimum absolute atomic E-state index is 0.133. The molecule has 3 rings (SSSR count). The van der Waals surface area contributed by atoms with E-state index in [9.17, 15) is 4.79 Å². The number of aromatic nitrogens is 1. The van der Waals surface area contributed by atoms with Crippen LogP contribution in [0.5, 0.6) is 5.75 Å². The van der Waals surface area contributed by atoms with Gasteiger partial charge in [0.2, 0.25) is 0 Å². The largest absolute Gasteiger partial charge is 0.496 e. The van der Waals surface area contributed by atoms with Crippen LogP contribution in [0.25, 0.3) is 10.9 Å². The number of fused-ring (bicyclic) bond motifs is 1. The van der Waals surface area contributed by atoms with Gasteiger partial charge in [0.25, 0.3) is 5.91 Å². The number of ether oxygens (including phenoxy) is 1. The van der Waals surface area contributed by atoms with Crippen molar-refractivity contribution in [3.05, 3.63) is 70.4 Å². The van der Waals surface area contributed by atoms with E-state index in [4.69, 9.17) is 16.3 Å². The van der Waals surface area contributed by atoms with Crippen molar-refractivity contribution >= 4 is 28.4 Å². The van der Waals surface area contributed by atoms with Gasteiger partial charge in [-0.1, -0.05) is 23.7 Å². The van der Waals surface area contributed by atoms with E-state index in [1.54, 1.807) is 25.3 Å². The summed E-state index contributed by atoms with van der Waals surface area (Å²) in [6.45, 7) is 2.42. The second-order valence-corrected chi connectivity index (χ2v) is 5.92. The highest BCUT2D eigenvalue weighted by atomic mass is 35.5. The normalized spacial score (nSPS) is 10.6. The van der Waals surface area contributed by atoms with Gasteiger partial charge in [-0.2, -0.15) is 0 Å². The third-order valence-corrected chi connectivity index (χ3v) is 4.05. The van der Waals surface area contributed by atoms with Gasteiger partial charge >= 0.3 is 0 Å². The molecule has 1 amide bonds. The monoisotopic (exact) mass is 340 g/mol. The van der Waals surface area contributed by atoms with E-state index in [1.165, 1.54) is 0 Å². The summed E-state index contributed by atoms with van der Waals surface area (Å²) in [5.41, 5.74) is 3.40. The molecule has 0 unspecified atom stereocenters. The van der Waals surface area contributed by atoms with Crippen LogP contribution in [0.1, 0.15) is 21.5 Å². The van der Waals surface area contributed by atoms with Gasteiger partial charge in [0.1, 0.15) is 10.9 Å². The number of rotatable bonds is 4. The molecule has 1 N–H and O–H groups in total. The first kappa shape index (κ1) is 16.3. The SMILES string of the molecule is COc1cc(CNC(=O)c2ccc3nc(Cl)ccc3c2)ccc1C. The van der Waals surface area contributed by atoms with E-state index < -0.39 is 0 Å². The first-order valence-corrected chi connectivity index (χ1v) is 7.92. The minimum Gasteiger partial charge on any atom is -0.496 e. The fraction of sp³-hybridized carbons (Fsp3) is 0.158. The number of halogens is 1. The molecular weight excluding hydrogens is 324 g/mol. The van der Waals surface area contributed by atoms with Crippen LogP contribution in [0.2, 0.25) is 5.15 Å². The summed E-state index contributed by atoms with van der Waals surface area (Å²) in [6, 6.07) is 14.8. The van der Waals surface area contributed by atoms with Crippen molar-refractivity contribution in [3.8, 4) is 5.75 Å². The number of pyridine rings is 1. The average molecular weight is 341 g/mol. The fourth-order valence-corrected chi connectivity index (χ4v) is 2.65. The van der Waals surface area contributed by atoms with Crippen LogP contribution in [0.15, 0.2) is 48.5 Å². The summed E-state index contributed by atoms with van der Waals surface area (Å²) in [5.74, 6) is 0.682. The van der Waals surface area contributed by atoms with Crippen LogP contribution in [0, 0.1) is 6.92 Å². The highest BCUT2D eigenvalue weighted by molar-refractivity contribution is 6.29. The highest BCUT2D eigenvalue weighted by Crippen LogP contribution is 2.19. The molecule has 0 aliphatic rings. The van der Waals surface area contributed by atoms with Gasteiger partial charge in [0.05, 0.1) is 12.6 Å². The molecule has 3 aromatic rings. The van der Waals surface area contributed by atoms with E-state index in [2.05, 4.69) is 10.3 Å². The van der Waals surface area contributed by atoms with E-state index in [1.807, 2.05) is 37.3 Å². The van der Waals surface area contributed by atoms with Gasteiger partial charge in [-0.3, -0.25) is 4.79 Å². The zero-order chi connectivity index (χ0) is 17.1. The number of benzene rings is 2. The van der Waals surface area contributed by atoms with Crippen molar-refractivity contribution < 1.29 is 9.53 Å². The number of hydrogen-bond acceptors (Lipinski definition) is 3. The lowest BCUT2D eigenvalue weighted by Gasteiger charge is -2.09. The van der Waals surface area contributed by atoms with E-state index in [-0.39, 0.29) is 5.91 Å². The molecule has 0 fully saturated rings. The first-order chi connectivity index (χ1) is 11.6. The number of nitrogens with zero attached hydrogens (tertiary/aromatic N) is 1. The second-order valence-electron chi connectivity index (χ2n) is 5.53. The number of carbonyl (C=O) groups is 1. The summed E-state index contributed by atoms with van der Waals surface area (Å²) in [5, 5.41) is 4.24. The molecule has 0 radical (unpaired) electrons. The lowest BCUT2D eigenvalue weighted by molar-refractivity contribution is 0.0951. The van der Waals surface area contributed by atoms with E-state index in [0.29, 0.717) is 17.3 Å². The number of methoxy groups -OCH3 is 1. The smallest absolute Gasteiger partial charge is 0.251 e. The van der Waals surface area contributed by atoms with Gasteiger partial charge in [-0.15, -0.1) is 0 Å². The van der Waals surface area contributed by atoms with Crippen LogP contribution >= 0.6 is 11.6 Å². The maximum absolute atomic E-state index is 12.4. The summed E-state index contributed by atoms with van der Waals surface area (Å²) >= 11 is 5.87. The lowest BCUT2D eigenvalue weighted by Crippen LogP contribution is -2.22. The molecule has 4 nitrogen and oxygen atoms in total. The zero-order valence-corrected chi connectivity index (χ0v) is 14.2. The Hall–Kier alpha value is -2.59. The van der Waals surface area contributed by atoms with Crippen LogP contribution in [-0.4, -0.2) is 18.0 Å². The van der Waals surface area contributed by atoms with Gasteiger partial charge in [0, 0.05) is 17.5 Å². The van der Waals surface area contributed by atoms with Crippen molar-refractivity contribution in [1.82, 2.24) is 10.3 Å². The third-order valence-electron chi connectivity index (χ3n) is 3.84. The number of aryl methyl sites for hydroxylation is 1. The lowest BCUT2D eigenvalue weighted by atomic mass is 10.1. The Morgan fingerprint density at radius 3 is 2.79 bits per heavy atom. The standard InChI is InChI=1S/C19H17ClN2O2/c1-12-3-4-13(9-17(12)24-2)11-21-19(23)15-5-7-16-14(10-15)6-8-18(20)22-16/h3-10H,11H2,1-2H3,(H,21,23). The molecule has 0 aliphatic carbocycles. The average Bonchev–Trinajstić information content (AvgIpc) is 2.60. The molecule has 0 saturated carbocycles. The predicted molar refractivity (Wildman–Crippen MR) is 95.7 cm³/mol. The molecule has 0 atom stereocenters. The van der Waals surface area contributed by atoms with E-state index in [0.717, 1.165) is 27.8 Å². The van der Waals surface area contributed by atoms with Crippen LogP contribution < -0.4 is 10.1 Å². The van der Waals surface area contributed by atoms with E-state index >= 15 is 0 Å². The molecular formula is C19H17ClN2O2. The van der Waals surface area contributed by atoms with Crippen LogP contribution in [0.3, 0.4) is 0 Å². The number of hydrogen-bond donors (Lipinski definition) is 1. The Kier molecular flexibility index (Phi) is 4.67. The molecule has 0 bridgehead atoms. The van der Waals surface area contributed by atoms with Gasteiger partial charge in [-0.25, -0.2) is 4.98 Å². The van der Waals surface area contributed by atoms with Gasteiger partial charge in [0.15, 0.2) is 0 Å². The van der Waals surface area contributed by atoms with Gasteiger partial charge < -0.3 is 10.1 Å². The molecule has 24 heavy (non-hydrogen) atoms. The summed E-state index contributed by atoms with van der Waals surface area (Å²) in [6.07, 6.45) is 0. The first-order valence-electron chi connectivity index (χ1n) is 7.55. The molecule has 0 aliphatic heterocycles. The minimum atomic E-state index is -0.133. The molecule has 0 saturated heterocycles.